The number of para-hydroxylation sites is 1. The minimum atomic E-state index is -0.983. The van der Waals surface area contributed by atoms with Gasteiger partial charge in [-0.1, -0.05) is 65.1 Å². The topological polar surface area (TPSA) is 49.9 Å². The van der Waals surface area contributed by atoms with Crippen molar-refractivity contribution < 1.29 is 14.4 Å². The smallest absolute Gasteiger partial charge is 0.266 e. The predicted octanol–water partition coefficient (Wildman–Crippen LogP) is 5.70. The van der Waals surface area contributed by atoms with Crippen molar-refractivity contribution in [2.24, 2.45) is 5.92 Å². The quantitative estimate of drug-likeness (QED) is 0.458. The molecule has 0 saturated carbocycles. The molecule has 2 amide bonds. The van der Waals surface area contributed by atoms with E-state index in [1.807, 2.05) is 30.3 Å². The number of halogens is 3. The molecule has 2 saturated heterocycles. The van der Waals surface area contributed by atoms with E-state index in [1.54, 1.807) is 47.5 Å². The Balaban J connectivity index is 1.62. The van der Waals surface area contributed by atoms with Crippen LogP contribution in [-0.4, -0.2) is 17.9 Å². The van der Waals surface area contributed by atoms with Gasteiger partial charge in [-0.05, 0) is 48.0 Å². The molecule has 2 heterocycles. The first kappa shape index (κ1) is 20.3. The van der Waals surface area contributed by atoms with E-state index in [-0.39, 0.29) is 5.91 Å². The number of amides is 2. The molecule has 0 bridgehead atoms. The maximum Gasteiger partial charge on any atom is 0.266 e. The number of imide groups is 1. The van der Waals surface area contributed by atoms with Crippen molar-refractivity contribution in [3.05, 3.63) is 93.4 Å². The van der Waals surface area contributed by atoms with Crippen LogP contribution < -0.4 is 9.96 Å². The summed E-state index contributed by atoms with van der Waals surface area (Å²) in [7, 11) is 0. The number of anilines is 2. The lowest BCUT2D eigenvalue weighted by Gasteiger charge is -2.29. The van der Waals surface area contributed by atoms with Gasteiger partial charge in [-0.3, -0.25) is 14.4 Å². The largest absolute Gasteiger partial charge is 0.273 e. The molecule has 2 aliphatic heterocycles. The molecule has 8 heteroatoms. The van der Waals surface area contributed by atoms with Crippen molar-refractivity contribution in [1.82, 2.24) is 0 Å². The number of fused-ring (bicyclic) bond motifs is 1. The standard InChI is InChI=1S/C23H15Cl3N2O3/c24-13-5-4-8-16(11-13)27-22(29)19-20(17-10-9-14(25)12-18(17)26)28(31-21(19)23(27)30)15-6-2-1-3-7-15/h1-12,19-21H. The van der Waals surface area contributed by atoms with Crippen LogP contribution in [0, 0.1) is 5.92 Å². The SMILES string of the molecule is O=C1C2ON(c3ccccc3)C(c3ccc(Cl)cc3Cl)C2C(=O)N1c1cccc(Cl)c1. The third-order valence-corrected chi connectivity index (χ3v) is 6.27. The number of nitrogens with zero attached hydrogens (tertiary/aromatic N) is 2. The van der Waals surface area contributed by atoms with E-state index in [1.165, 1.54) is 0 Å². The van der Waals surface area contributed by atoms with Crippen molar-refractivity contribution in [3.8, 4) is 0 Å². The minimum Gasteiger partial charge on any atom is -0.273 e. The van der Waals surface area contributed by atoms with E-state index in [2.05, 4.69) is 0 Å². The molecule has 2 aliphatic rings. The van der Waals surface area contributed by atoms with Crippen molar-refractivity contribution in [1.29, 1.82) is 0 Å². The highest BCUT2D eigenvalue weighted by Crippen LogP contribution is 2.49. The van der Waals surface area contributed by atoms with Gasteiger partial charge in [0.25, 0.3) is 5.91 Å². The molecule has 5 rings (SSSR count). The van der Waals surface area contributed by atoms with Crippen LogP contribution in [0.15, 0.2) is 72.8 Å². The molecule has 3 atom stereocenters. The molecule has 3 aromatic rings. The number of hydrogen-bond acceptors (Lipinski definition) is 4. The van der Waals surface area contributed by atoms with Gasteiger partial charge in [0, 0.05) is 15.1 Å². The molecule has 0 aromatic heterocycles. The van der Waals surface area contributed by atoms with Gasteiger partial charge in [-0.15, -0.1) is 0 Å². The van der Waals surface area contributed by atoms with Crippen LogP contribution in [0.2, 0.25) is 15.1 Å². The number of benzene rings is 3. The Morgan fingerprint density at radius 2 is 1.45 bits per heavy atom. The molecule has 31 heavy (non-hydrogen) atoms. The summed E-state index contributed by atoms with van der Waals surface area (Å²) in [5, 5.41) is 2.89. The Kier molecular flexibility index (Phi) is 5.15. The minimum absolute atomic E-state index is 0.369. The summed E-state index contributed by atoms with van der Waals surface area (Å²) in [6.45, 7) is 0. The first-order valence-corrected chi connectivity index (χ1v) is 10.7. The average molecular weight is 474 g/mol. The number of carbonyl (C=O) groups excluding carboxylic acids is 2. The Bertz CT molecular complexity index is 1190. The molecule has 3 aromatic carbocycles. The lowest BCUT2D eigenvalue weighted by atomic mass is 9.90. The average Bonchev–Trinajstić information content (AvgIpc) is 3.25. The Morgan fingerprint density at radius 3 is 2.16 bits per heavy atom. The number of rotatable bonds is 3. The molecule has 5 nitrogen and oxygen atoms in total. The Morgan fingerprint density at radius 1 is 0.742 bits per heavy atom. The summed E-state index contributed by atoms with van der Waals surface area (Å²) in [4.78, 5) is 34.0. The van der Waals surface area contributed by atoms with E-state index < -0.39 is 24.0 Å². The van der Waals surface area contributed by atoms with Crippen LogP contribution in [0.1, 0.15) is 11.6 Å². The highest BCUT2D eigenvalue weighted by molar-refractivity contribution is 6.35. The van der Waals surface area contributed by atoms with Crippen molar-refractivity contribution >= 4 is 58.0 Å². The zero-order valence-corrected chi connectivity index (χ0v) is 18.2. The van der Waals surface area contributed by atoms with Crippen molar-refractivity contribution in [3.63, 3.8) is 0 Å². The van der Waals surface area contributed by atoms with Crippen LogP contribution in [0.25, 0.3) is 0 Å². The van der Waals surface area contributed by atoms with Crippen LogP contribution in [0.4, 0.5) is 11.4 Å². The molecule has 0 radical (unpaired) electrons. The summed E-state index contributed by atoms with van der Waals surface area (Å²) in [6, 6.07) is 20.4. The third-order valence-electron chi connectivity index (χ3n) is 5.47. The molecule has 3 unspecified atom stereocenters. The second-order valence-corrected chi connectivity index (χ2v) is 8.60. The van der Waals surface area contributed by atoms with Gasteiger partial charge in [-0.2, -0.15) is 0 Å². The Labute approximate surface area is 193 Å². The highest BCUT2D eigenvalue weighted by Gasteiger charge is 2.60. The lowest BCUT2D eigenvalue weighted by molar-refractivity contribution is -0.126. The van der Waals surface area contributed by atoms with Crippen molar-refractivity contribution in [2.75, 3.05) is 9.96 Å². The maximum absolute atomic E-state index is 13.5. The molecule has 0 N–H and O–H groups in total. The Hall–Kier alpha value is -2.57. The van der Waals surface area contributed by atoms with Gasteiger partial charge in [0.2, 0.25) is 5.91 Å². The molecule has 156 valence electrons. The predicted molar refractivity (Wildman–Crippen MR) is 120 cm³/mol. The fourth-order valence-corrected chi connectivity index (χ4v) is 4.85. The molecule has 0 aliphatic carbocycles. The van der Waals surface area contributed by atoms with Gasteiger partial charge in [0.1, 0.15) is 5.92 Å². The van der Waals surface area contributed by atoms with Crippen LogP contribution in [0.5, 0.6) is 0 Å². The zero-order chi connectivity index (χ0) is 21.7. The molecular formula is C23H15Cl3N2O3. The molecule has 2 fully saturated rings. The number of hydrogen-bond donors (Lipinski definition) is 0. The van der Waals surface area contributed by atoms with Gasteiger partial charge >= 0.3 is 0 Å². The first-order chi connectivity index (χ1) is 15.0. The van der Waals surface area contributed by atoms with E-state index in [0.717, 1.165) is 4.90 Å². The van der Waals surface area contributed by atoms with Gasteiger partial charge in [0.15, 0.2) is 6.10 Å². The fourth-order valence-electron chi connectivity index (χ4n) is 4.14. The van der Waals surface area contributed by atoms with E-state index in [4.69, 9.17) is 39.6 Å². The summed E-state index contributed by atoms with van der Waals surface area (Å²) < 4.78 is 0. The van der Waals surface area contributed by atoms with Gasteiger partial charge in [0.05, 0.1) is 17.4 Å². The lowest BCUT2D eigenvalue weighted by Crippen LogP contribution is -2.37. The number of carbonyl (C=O) groups is 2. The van der Waals surface area contributed by atoms with Crippen LogP contribution in [-0.2, 0) is 14.4 Å². The first-order valence-electron chi connectivity index (χ1n) is 9.55. The summed E-state index contributed by atoms with van der Waals surface area (Å²) in [6.07, 6.45) is -0.983. The highest BCUT2D eigenvalue weighted by atomic mass is 35.5. The van der Waals surface area contributed by atoms with E-state index in [9.17, 15) is 9.59 Å². The fraction of sp³-hybridized carbons (Fsp3) is 0.130. The second kappa shape index (κ2) is 7.84. The number of hydroxylamine groups is 1. The normalized spacial score (nSPS) is 22.9. The summed E-state index contributed by atoms with van der Waals surface area (Å²) in [5.74, 6) is -1.59. The van der Waals surface area contributed by atoms with E-state index in [0.29, 0.717) is 32.0 Å². The second-order valence-electron chi connectivity index (χ2n) is 7.32. The van der Waals surface area contributed by atoms with Crippen LogP contribution in [0.3, 0.4) is 0 Å². The maximum atomic E-state index is 13.5. The van der Waals surface area contributed by atoms with Crippen molar-refractivity contribution in [2.45, 2.75) is 12.1 Å². The third kappa shape index (κ3) is 3.38. The summed E-state index contributed by atoms with van der Waals surface area (Å²) in [5.41, 5.74) is 1.77. The van der Waals surface area contributed by atoms with Crippen LogP contribution >= 0.6 is 34.8 Å². The molecule has 0 spiro atoms. The van der Waals surface area contributed by atoms with Gasteiger partial charge < -0.3 is 0 Å². The molecular weight excluding hydrogens is 459 g/mol. The van der Waals surface area contributed by atoms with Gasteiger partial charge in [-0.25, -0.2) is 9.96 Å². The van der Waals surface area contributed by atoms with E-state index >= 15 is 0 Å². The zero-order valence-electron chi connectivity index (χ0n) is 15.9. The monoisotopic (exact) mass is 472 g/mol. The summed E-state index contributed by atoms with van der Waals surface area (Å²) >= 11 is 18.7.